The van der Waals surface area contributed by atoms with Crippen LogP contribution in [0, 0.1) is 0 Å². The van der Waals surface area contributed by atoms with E-state index in [1.807, 2.05) is 30.1 Å². The lowest BCUT2D eigenvalue weighted by Crippen LogP contribution is -2.28. The molecule has 3 aromatic rings. The van der Waals surface area contributed by atoms with Gasteiger partial charge in [0.05, 0.1) is 12.8 Å². The van der Waals surface area contributed by atoms with E-state index >= 15 is 0 Å². The van der Waals surface area contributed by atoms with Crippen molar-refractivity contribution in [1.29, 1.82) is 0 Å². The van der Waals surface area contributed by atoms with Crippen molar-refractivity contribution in [3.63, 3.8) is 0 Å². The van der Waals surface area contributed by atoms with Crippen molar-refractivity contribution >= 4 is 32.4 Å². The van der Waals surface area contributed by atoms with Gasteiger partial charge in [-0.2, -0.15) is 0 Å². The molecule has 6 nitrogen and oxygen atoms in total. The summed E-state index contributed by atoms with van der Waals surface area (Å²) in [5, 5.41) is 1.19. The standard InChI is InChI=1S/C20H23N3O3S/c1-23(12-11-18-13-16-5-3-4-6-19(16)21-18)14-20(24)15-7-9-17(10-8-15)22-27(2,25)26/h3-10,13,21-22H,11-12,14H2,1-2H3. The Morgan fingerprint density at radius 3 is 2.48 bits per heavy atom. The van der Waals surface area contributed by atoms with Crippen molar-refractivity contribution in [1.82, 2.24) is 9.88 Å². The monoisotopic (exact) mass is 385 g/mol. The fraction of sp³-hybridized carbons (Fsp3) is 0.250. The van der Waals surface area contributed by atoms with Crippen LogP contribution in [0.5, 0.6) is 0 Å². The van der Waals surface area contributed by atoms with Crippen LogP contribution in [-0.2, 0) is 16.4 Å². The van der Waals surface area contributed by atoms with E-state index in [9.17, 15) is 13.2 Å². The summed E-state index contributed by atoms with van der Waals surface area (Å²) in [6, 6.07) is 16.8. The van der Waals surface area contributed by atoms with Gasteiger partial charge in [-0.3, -0.25) is 14.4 Å². The van der Waals surface area contributed by atoms with Crippen molar-refractivity contribution in [3.8, 4) is 0 Å². The lowest BCUT2D eigenvalue weighted by atomic mass is 10.1. The predicted octanol–water partition coefficient (Wildman–Crippen LogP) is 2.90. The number of H-pyrrole nitrogens is 1. The van der Waals surface area contributed by atoms with Gasteiger partial charge in [0.15, 0.2) is 5.78 Å². The van der Waals surface area contributed by atoms with Crippen LogP contribution in [0.2, 0.25) is 0 Å². The number of sulfonamides is 1. The van der Waals surface area contributed by atoms with Crippen LogP contribution in [0.1, 0.15) is 16.1 Å². The highest BCUT2D eigenvalue weighted by atomic mass is 32.2. The first-order valence-electron chi connectivity index (χ1n) is 8.66. The number of fused-ring (bicyclic) bond motifs is 1. The predicted molar refractivity (Wildman–Crippen MR) is 109 cm³/mol. The average molecular weight is 385 g/mol. The van der Waals surface area contributed by atoms with E-state index in [1.165, 1.54) is 5.39 Å². The Morgan fingerprint density at radius 2 is 1.81 bits per heavy atom. The van der Waals surface area contributed by atoms with Gasteiger partial charge in [0.2, 0.25) is 10.0 Å². The largest absolute Gasteiger partial charge is 0.358 e. The molecule has 0 fully saturated rings. The van der Waals surface area contributed by atoms with Gasteiger partial charge in [-0.25, -0.2) is 8.42 Å². The number of nitrogens with zero attached hydrogens (tertiary/aromatic N) is 1. The van der Waals surface area contributed by atoms with E-state index in [-0.39, 0.29) is 5.78 Å². The minimum Gasteiger partial charge on any atom is -0.358 e. The number of para-hydroxylation sites is 1. The van der Waals surface area contributed by atoms with Gasteiger partial charge in [0.1, 0.15) is 0 Å². The van der Waals surface area contributed by atoms with Crippen LogP contribution in [0.15, 0.2) is 54.6 Å². The third-order valence-corrected chi connectivity index (χ3v) is 4.88. The van der Waals surface area contributed by atoms with Gasteiger partial charge in [0.25, 0.3) is 0 Å². The topological polar surface area (TPSA) is 82.3 Å². The lowest BCUT2D eigenvalue weighted by molar-refractivity contribution is 0.0946. The molecule has 27 heavy (non-hydrogen) atoms. The fourth-order valence-corrected chi connectivity index (χ4v) is 3.50. The van der Waals surface area contributed by atoms with Crippen molar-refractivity contribution in [2.45, 2.75) is 6.42 Å². The average Bonchev–Trinajstić information content (AvgIpc) is 3.02. The Hall–Kier alpha value is -2.64. The van der Waals surface area contributed by atoms with Crippen molar-refractivity contribution in [3.05, 3.63) is 65.9 Å². The van der Waals surface area contributed by atoms with E-state index in [1.54, 1.807) is 24.3 Å². The van der Waals surface area contributed by atoms with Crippen LogP contribution >= 0.6 is 0 Å². The first-order chi connectivity index (χ1) is 12.8. The summed E-state index contributed by atoms with van der Waals surface area (Å²) < 4.78 is 24.8. The van der Waals surface area contributed by atoms with Gasteiger partial charge in [-0.1, -0.05) is 18.2 Å². The number of likely N-dealkylation sites (N-methyl/N-ethyl adjacent to an activating group) is 1. The highest BCUT2D eigenvalue weighted by Gasteiger charge is 2.11. The van der Waals surface area contributed by atoms with E-state index in [2.05, 4.69) is 21.8 Å². The summed E-state index contributed by atoms with van der Waals surface area (Å²) in [6.07, 6.45) is 1.92. The molecule has 0 unspecified atom stereocenters. The van der Waals surface area contributed by atoms with Crippen LogP contribution in [0.3, 0.4) is 0 Å². The molecule has 1 heterocycles. The Bertz CT molecular complexity index is 1010. The van der Waals surface area contributed by atoms with Gasteiger partial charge in [-0.05, 0) is 48.8 Å². The first-order valence-corrected chi connectivity index (χ1v) is 10.6. The molecule has 0 aliphatic rings. The molecular weight excluding hydrogens is 362 g/mol. The second kappa shape index (κ2) is 7.94. The molecule has 2 aromatic carbocycles. The normalized spacial score (nSPS) is 11.8. The quantitative estimate of drug-likeness (QED) is 0.584. The Balaban J connectivity index is 1.53. The molecule has 0 saturated heterocycles. The number of aromatic amines is 1. The van der Waals surface area contributed by atoms with E-state index in [0.29, 0.717) is 17.8 Å². The number of hydrogen-bond donors (Lipinski definition) is 2. The summed E-state index contributed by atoms with van der Waals surface area (Å²) in [7, 11) is -1.40. The summed E-state index contributed by atoms with van der Waals surface area (Å²) in [6.45, 7) is 1.06. The highest BCUT2D eigenvalue weighted by Crippen LogP contribution is 2.15. The smallest absolute Gasteiger partial charge is 0.229 e. The summed E-state index contributed by atoms with van der Waals surface area (Å²) in [4.78, 5) is 17.8. The van der Waals surface area contributed by atoms with Crippen LogP contribution in [-0.4, -0.2) is 50.5 Å². The number of ketones is 1. The molecule has 2 N–H and O–H groups in total. The van der Waals surface area contributed by atoms with Gasteiger partial charge < -0.3 is 4.98 Å². The molecule has 3 rings (SSSR count). The van der Waals surface area contributed by atoms with Crippen molar-refractivity contribution < 1.29 is 13.2 Å². The molecule has 0 atom stereocenters. The third kappa shape index (κ3) is 5.42. The van der Waals surface area contributed by atoms with E-state index < -0.39 is 10.0 Å². The van der Waals surface area contributed by atoms with Crippen molar-refractivity contribution in [2.75, 3.05) is 31.1 Å². The number of aromatic nitrogens is 1. The highest BCUT2D eigenvalue weighted by molar-refractivity contribution is 7.92. The first kappa shape index (κ1) is 19.1. The zero-order valence-electron chi connectivity index (χ0n) is 15.4. The molecule has 0 aliphatic heterocycles. The second-order valence-electron chi connectivity index (χ2n) is 6.74. The maximum atomic E-state index is 12.4. The van der Waals surface area contributed by atoms with Gasteiger partial charge in [0, 0.05) is 35.4 Å². The number of carbonyl (C=O) groups is 1. The van der Waals surface area contributed by atoms with E-state index in [0.717, 1.165) is 30.4 Å². The zero-order valence-corrected chi connectivity index (χ0v) is 16.2. The maximum Gasteiger partial charge on any atom is 0.229 e. The third-order valence-electron chi connectivity index (χ3n) is 4.27. The molecule has 7 heteroatoms. The zero-order chi connectivity index (χ0) is 19.4. The molecule has 0 aliphatic carbocycles. The summed E-state index contributed by atoms with van der Waals surface area (Å²) in [5.41, 5.74) is 3.27. The number of hydrogen-bond acceptors (Lipinski definition) is 4. The molecule has 0 bridgehead atoms. The molecular formula is C20H23N3O3S. The number of anilines is 1. The molecule has 0 radical (unpaired) electrons. The molecule has 0 amide bonds. The van der Waals surface area contributed by atoms with Crippen molar-refractivity contribution in [2.24, 2.45) is 0 Å². The Morgan fingerprint density at radius 1 is 1.11 bits per heavy atom. The Kier molecular flexibility index (Phi) is 5.62. The minimum atomic E-state index is -3.32. The van der Waals surface area contributed by atoms with Crippen LogP contribution in [0.25, 0.3) is 10.9 Å². The second-order valence-corrected chi connectivity index (χ2v) is 8.49. The molecule has 0 saturated carbocycles. The summed E-state index contributed by atoms with van der Waals surface area (Å²) >= 11 is 0. The maximum absolute atomic E-state index is 12.4. The van der Waals surface area contributed by atoms with E-state index in [4.69, 9.17) is 0 Å². The fourth-order valence-electron chi connectivity index (χ4n) is 2.93. The van der Waals surface area contributed by atoms with Crippen LogP contribution < -0.4 is 4.72 Å². The molecule has 142 valence electrons. The SMILES string of the molecule is CN(CCc1cc2ccccc2[nH]1)CC(=O)c1ccc(NS(C)(=O)=O)cc1. The minimum absolute atomic E-state index is 0.0000486. The number of nitrogens with one attached hydrogen (secondary N) is 2. The van der Waals surface area contributed by atoms with Gasteiger partial charge >= 0.3 is 0 Å². The lowest BCUT2D eigenvalue weighted by Gasteiger charge is -2.15. The summed E-state index contributed by atoms with van der Waals surface area (Å²) in [5.74, 6) is 0.0000486. The Labute approximate surface area is 159 Å². The number of rotatable bonds is 8. The number of benzene rings is 2. The van der Waals surface area contributed by atoms with Gasteiger partial charge in [-0.15, -0.1) is 0 Å². The molecule has 0 spiro atoms. The molecule has 1 aromatic heterocycles. The number of carbonyl (C=O) groups excluding carboxylic acids is 1. The number of Topliss-reactive ketones (excluding diaryl/α,β-unsaturated/α-hetero) is 1. The van der Waals surface area contributed by atoms with Crippen LogP contribution in [0.4, 0.5) is 5.69 Å².